The molecule has 1 amide bonds. The van der Waals surface area contributed by atoms with Crippen LogP contribution in [0.3, 0.4) is 0 Å². The Labute approximate surface area is 143 Å². The van der Waals surface area contributed by atoms with E-state index >= 15 is 0 Å². The maximum Gasteiger partial charge on any atom is 0.410 e. The molecule has 23 heavy (non-hydrogen) atoms. The molecule has 0 unspecified atom stereocenters. The molecule has 2 aromatic heterocycles. The lowest BCUT2D eigenvalue weighted by molar-refractivity contribution is 0.0240. The number of hydrogen-bond acceptors (Lipinski definition) is 5. The number of imidazole rings is 1. The summed E-state index contributed by atoms with van der Waals surface area (Å²) in [6, 6.07) is 3.89. The Morgan fingerprint density at radius 3 is 2.57 bits per heavy atom. The normalized spacial score (nSPS) is 16.0. The van der Waals surface area contributed by atoms with Crippen LogP contribution in [0.5, 0.6) is 0 Å². The molecule has 3 rings (SSSR count). The van der Waals surface area contributed by atoms with Gasteiger partial charge in [0, 0.05) is 26.2 Å². The van der Waals surface area contributed by atoms with Crippen LogP contribution in [-0.2, 0) is 4.74 Å². The summed E-state index contributed by atoms with van der Waals surface area (Å²) in [7, 11) is 0. The number of anilines is 1. The van der Waals surface area contributed by atoms with Gasteiger partial charge in [-0.1, -0.05) is 0 Å². The number of piperazine rings is 1. The molecule has 0 bridgehead atoms. The number of fused-ring (bicyclic) bond motifs is 1. The Balaban J connectivity index is 1.66. The first-order chi connectivity index (χ1) is 10.8. The van der Waals surface area contributed by atoms with Crippen molar-refractivity contribution in [2.75, 3.05) is 31.1 Å². The van der Waals surface area contributed by atoms with Gasteiger partial charge in [-0.05, 0) is 48.8 Å². The minimum Gasteiger partial charge on any atom is -0.444 e. The minimum atomic E-state index is -0.464. The van der Waals surface area contributed by atoms with Gasteiger partial charge in [0.1, 0.15) is 16.0 Å². The van der Waals surface area contributed by atoms with Crippen LogP contribution in [0.1, 0.15) is 20.8 Å². The summed E-state index contributed by atoms with van der Waals surface area (Å²) in [6.07, 6.45) is 1.48. The van der Waals surface area contributed by atoms with Gasteiger partial charge in [0.05, 0.1) is 6.20 Å². The number of rotatable bonds is 1. The van der Waals surface area contributed by atoms with Crippen molar-refractivity contribution in [3.05, 3.63) is 22.9 Å². The summed E-state index contributed by atoms with van der Waals surface area (Å²) >= 11 is 3.43. The van der Waals surface area contributed by atoms with E-state index in [1.54, 1.807) is 15.6 Å². The largest absolute Gasteiger partial charge is 0.444 e. The van der Waals surface area contributed by atoms with E-state index in [1.165, 1.54) is 0 Å². The molecule has 0 radical (unpaired) electrons. The summed E-state index contributed by atoms with van der Waals surface area (Å²) in [5.74, 6) is 0.875. The van der Waals surface area contributed by atoms with Gasteiger partial charge >= 0.3 is 6.09 Å². The van der Waals surface area contributed by atoms with Gasteiger partial charge in [-0.3, -0.25) is 0 Å². The molecule has 1 aliphatic heterocycles. The van der Waals surface area contributed by atoms with Crippen LogP contribution < -0.4 is 4.90 Å². The molecule has 124 valence electrons. The smallest absolute Gasteiger partial charge is 0.410 e. The van der Waals surface area contributed by atoms with Crippen molar-refractivity contribution >= 4 is 33.5 Å². The fraction of sp³-hybridized carbons (Fsp3) is 0.533. The summed E-state index contributed by atoms with van der Waals surface area (Å²) < 4.78 is 8.00. The summed E-state index contributed by atoms with van der Waals surface area (Å²) in [5.41, 5.74) is 0.335. The second-order valence-corrected chi connectivity index (χ2v) is 7.31. The monoisotopic (exact) mass is 381 g/mol. The lowest BCUT2D eigenvalue weighted by atomic mass is 10.2. The van der Waals surface area contributed by atoms with Crippen molar-refractivity contribution < 1.29 is 9.53 Å². The second kappa shape index (κ2) is 5.99. The first-order valence-corrected chi connectivity index (χ1v) is 8.36. The predicted octanol–water partition coefficient (Wildman–Crippen LogP) is 2.55. The molecule has 2 aromatic rings. The number of aromatic nitrogens is 3. The summed E-state index contributed by atoms with van der Waals surface area (Å²) in [5, 5.41) is 4.59. The molecular weight excluding hydrogens is 362 g/mol. The molecule has 3 heterocycles. The number of carbonyl (C=O) groups excluding carboxylic acids is 1. The molecule has 1 aliphatic rings. The van der Waals surface area contributed by atoms with Crippen molar-refractivity contribution in [3.63, 3.8) is 0 Å². The van der Waals surface area contributed by atoms with E-state index in [2.05, 4.69) is 30.9 Å². The maximum absolute atomic E-state index is 12.1. The van der Waals surface area contributed by atoms with Gasteiger partial charge in [0.2, 0.25) is 0 Å². The fourth-order valence-electron chi connectivity index (χ4n) is 2.45. The number of hydrogen-bond donors (Lipinski definition) is 0. The Morgan fingerprint density at radius 1 is 1.22 bits per heavy atom. The maximum atomic E-state index is 12.1. The van der Waals surface area contributed by atoms with Crippen LogP contribution in [0, 0.1) is 0 Å². The molecule has 1 fully saturated rings. The second-order valence-electron chi connectivity index (χ2n) is 6.50. The summed E-state index contributed by atoms with van der Waals surface area (Å²) in [6.45, 7) is 8.34. The van der Waals surface area contributed by atoms with E-state index in [9.17, 15) is 4.79 Å². The third-order valence-electron chi connectivity index (χ3n) is 3.56. The van der Waals surface area contributed by atoms with E-state index in [4.69, 9.17) is 4.74 Å². The third-order valence-corrected chi connectivity index (χ3v) is 4.10. The number of carbonyl (C=O) groups is 1. The quantitative estimate of drug-likeness (QED) is 0.759. The van der Waals surface area contributed by atoms with E-state index in [0.29, 0.717) is 13.1 Å². The lowest BCUT2D eigenvalue weighted by Gasteiger charge is -2.36. The minimum absolute atomic E-state index is 0.252. The van der Waals surface area contributed by atoms with E-state index in [-0.39, 0.29) is 6.09 Å². The summed E-state index contributed by atoms with van der Waals surface area (Å²) in [4.78, 5) is 20.2. The highest BCUT2D eigenvalue weighted by atomic mass is 79.9. The van der Waals surface area contributed by atoms with Crippen molar-refractivity contribution in [2.45, 2.75) is 26.4 Å². The average Bonchev–Trinajstić information content (AvgIpc) is 2.87. The Bertz CT molecular complexity index is 716. The number of ether oxygens (including phenoxy) is 1. The van der Waals surface area contributed by atoms with Crippen LogP contribution in [0.4, 0.5) is 10.6 Å². The van der Waals surface area contributed by atoms with Gasteiger partial charge in [-0.2, -0.15) is 0 Å². The van der Waals surface area contributed by atoms with Crippen molar-refractivity contribution in [1.29, 1.82) is 0 Å². The molecule has 7 nitrogen and oxygen atoms in total. The topological polar surface area (TPSA) is 63.0 Å². The molecule has 8 heteroatoms. The highest BCUT2D eigenvalue weighted by Gasteiger charge is 2.26. The molecule has 0 atom stereocenters. The average molecular weight is 382 g/mol. The van der Waals surface area contributed by atoms with Crippen LogP contribution in [0.2, 0.25) is 0 Å². The Kier molecular flexibility index (Phi) is 4.18. The molecule has 0 spiro atoms. The molecule has 0 aromatic carbocycles. The fourth-order valence-corrected chi connectivity index (χ4v) is 2.81. The molecule has 0 aliphatic carbocycles. The van der Waals surface area contributed by atoms with Gasteiger partial charge in [-0.25, -0.2) is 14.3 Å². The van der Waals surface area contributed by atoms with Crippen molar-refractivity contribution in [1.82, 2.24) is 19.5 Å². The zero-order valence-electron chi connectivity index (χ0n) is 13.5. The molecule has 0 saturated carbocycles. The van der Waals surface area contributed by atoms with E-state index in [1.807, 2.05) is 32.9 Å². The number of nitrogens with zero attached hydrogens (tertiary/aromatic N) is 5. The highest BCUT2D eigenvalue weighted by molar-refractivity contribution is 9.10. The Hall–Kier alpha value is -1.83. The van der Waals surface area contributed by atoms with Crippen molar-refractivity contribution in [2.24, 2.45) is 0 Å². The van der Waals surface area contributed by atoms with Crippen LogP contribution >= 0.6 is 15.9 Å². The van der Waals surface area contributed by atoms with Gasteiger partial charge in [-0.15, -0.1) is 5.10 Å². The predicted molar refractivity (Wildman–Crippen MR) is 90.7 cm³/mol. The van der Waals surface area contributed by atoms with Crippen LogP contribution in [-0.4, -0.2) is 57.4 Å². The lowest BCUT2D eigenvalue weighted by Crippen LogP contribution is -2.50. The van der Waals surface area contributed by atoms with Crippen molar-refractivity contribution in [3.8, 4) is 0 Å². The van der Waals surface area contributed by atoms with Gasteiger partial charge < -0.3 is 14.5 Å². The third kappa shape index (κ3) is 3.57. The van der Waals surface area contributed by atoms with Crippen LogP contribution in [0.25, 0.3) is 5.65 Å². The number of halogens is 1. The van der Waals surface area contributed by atoms with E-state index < -0.39 is 5.60 Å². The van der Waals surface area contributed by atoms with E-state index in [0.717, 1.165) is 29.2 Å². The molecular formula is C15H20BrN5O2. The SMILES string of the molecule is CC(C)(C)OC(=O)N1CCN(c2ccc3ncc(Br)n3n2)CC1. The highest BCUT2D eigenvalue weighted by Crippen LogP contribution is 2.18. The first-order valence-electron chi connectivity index (χ1n) is 7.57. The standard InChI is InChI=1S/C15H20BrN5O2/c1-15(2,3)23-14(22)20-8-6-19(7-9-20)13-5-4-12-17-10-11(16)21(12)18-13/h4-5,10H,6-9H2,1-3H3. The molecule has 0 N–H and O–H groups in total. The van der Waals surface area contributed by atoms with Gasteiger partial charge in [0.25, 0.3) is 0 Å². The first kappa shape index (κ1) is 16.0. The molecule has 1 saturated heterocycles. The number of amides is 1. The van der Waals surface area contributed by atoms with Gasteiger partial charge in [0.15, 0.2) is 5.65 Å². The van der Waals surface area contributed by atoms with Crippen LogP contribution in [0.15, 0.2) is 22.9 Å². The zero-order valence-corrected chi connectivity index (χ0v) is 15.1. The zero-order chi connectivity index (χ0) is 16.6. The Morgan fingerprint density at radius 2 is 1.91 bits per heavy atom.